The second-order valence-electron chi connectivity index (χ2n) is 11.2. The highest BCUT2D eigenvalue weighted by Gasteiger charge is 2.56. The Bertz CT molecular complexity index is 1030. The number of carbonyl (C=O) groups is 1. The molecule has 0 saturated heterocycles. The third-order valence-electron chi connectivity index (χ3n) is 9.17. The van der Waals surface area contributed by atoms with E-state index in [2.05, 4.69) is 32.0 Å². The maximum atomic E-state index is 13.2. The SMILES string of the molecule is CCCCCCC(=O)O[C@H]1CC[C@H]2[C@@H]3CCc4cc(Oc5ccc(F)cc5)ccc4[C@H]3CC[C@]12C. The van der Waals surface area contributed by atoms with E-state index in [9.17, 15) is 9.18 Å². The van der Waals surface area contributed by atoms with Crippen LogP contribution >= 0.6 is 0 Å². The first-order valence-corrected chi connectivity index (χ1v) is 13.7. The van der Waals surface area contributed by atoms with Crippen molar-refractivity contribution in [1.29, 1.82) is 0 Å². The maximum absolute atomic E-state index is 13.2. The van der Waals surface area contributed by atoms with Gasteiger partial charge in [-0.2, -0.15) is 0 Å². The molecular weight excluding hydrogens is 439 g/mol. The van der Waals surface area contributed by atoms with Crippen molar-refractivity contribution in [3.8, 4) is 11.5 Å². The van der Waals surface area contributed by atoms with Gasteiger partial charge in [0.05, 0.1) is 0 Å². The van der Waals surface area contributed by atoms with Gasteiger partial charge in [0, 0.05) is 11.8 Å². The first-order chi connectivity index (χ1) is 17.0. The molecule has 0 spiro atoms. The molecule has 5 atom stereocenters. The molecule has 0 radical (unpaired) electrons. The smallest absolute Gasteiger partial charge is 0.306 e. The highest BCUT2D eigenvalue weighted by Crippen LogP contribution is 2.61. The summed E-state index contributed by atoms with van der Waals surface area (Å²) in [6.07, 6.45) is 11.8. The molecule has 2 aromatic rings. The third kappa shape index (κ3) is 4.99. The molecule has 2 saturated carbocycles. The molecule has 0 aromatic heterocycles. The molecule has 5 rings (SSSR count). The molecule has 0 heterocycles. The molecule has 0 aliphatic heterocycles. The van der Waals surface area contributed by atoms with E-state index in [0.29, 0.717) is 29.9 Å². The average Bonchev–Trinajstić information content (AvgIpc) is 3.19. The molecule has 0 bridgehead atoms. The molecule has 0 N–H and O–H groups in total. The summed E-state index contributed by atoms with van der Waals surface area (Å²) in [7, 11) is 0. The molecule has 188 valence electrons. The standard InChI is InChI=1S/C31H39FO3/c1-3-4-5-6-7-30(33)35-29-17-16-28-27-14-8-21-20-24(34-23-11-9-22(32)10-12-23)13-15-25(21)26(27)18-19-31(28,29)2/h9-13,15,20,26-29H,3-8,14,16-19H2,1-2H3/t26-,27-,28+,29+,31+/m1/s1. The van der Waals surface area contributed by atoms with Crippen molar-refractivity contribution in [2.45, 2.75) is 96.5 Å². The Morgan fingerprint density at radius 1 is 1.00 bits per heavy atom. The number of benzene rings is 2. The van der Waals surface area contributed by atoms with Gasteiger partial charge in [0.15, 0.2) is 0 Å². The molecule has 35 heavy (non-hydrogen) atoms. The van der Waals surface area contributed by atoms with Crippen LogP contribution in [-0.2, 0) is 16.0 Å². The molecule has 4 heteroatoms. The molecule has 0 amide bonds. The minimum Gasteiger partial charge on any atom is -0.462 e. The van der Waals surface area contributed by atoms with Gasteiger partial charge in [-0.05, 0) is 110 Å². The average molecular weight is 479 g/mol. The van der Waals surface area contributed by atoms with E-state index in [1.807, 2.05) is 0 Å². The minimum atomic E-state index is -0.256. The van der Waals surface area contributed by atoms with Gasteiger partial charge in [-0.3, -0.25) is 4.79 Å². The van der Waals surface area contributed by atoms with Gasteiger partial charge in [-0.1, -0.05) is 39.2 Å². The lowest BCUT2D eigenvalue weighted by atomic mass is 9.55. The van der Waals surface area contributed by atoms with Gasteiger partial charge in [0.25, 0.3) is 0 Å². The van der Waals surface area contributed by atoms with Crippen LogP contribution in [0.5, 0.6) is 11.5 Å². The molecule has 2 aromatic carbocycles. The summed E-state index contributed by atoms with van der Waals surface area (Å²) >= 11 is 0. The van der Waals surface area contributed by atoms with Crippen LogP contribution in [0.15, 0.2) is 42.5 Å². The van der Waals surface area contributed by atoms with Gasteiger partial charge < -0.3 is 9.47 Å². The van der Waals surface area contributed by atoms with Crippen LogP contribution < -0.4 is 4.74 Å². The first-order valence-electron chi connectivity index (χ1n) is 13.7. The monoisotopic (exact) mass is 478 g/mol. The summed E-state index contributed by atoms with van der Waals surface area (Å²) in [5, 5.41) is 0. The number of hydrogen-bond acceptors (Lipinski definition) is 3. The molecule has 2 fully saturated rings. The minimum absolute atomic E-state index is 0.0118. The van der Waals surface area contributed by atoms with E-state index in [0.717, 1.165) is 44.3 Å². The van der Waals surface area contributed by atoms with E-state index >= 15 is 0 Å². The molecule has 0 unspecified atom stereocenters. The number of rotatable bonds is 8. The topological polar surface area (TPSA) is 35.5 Å². The van der Waals surface area contributed by atoms with Gasteiger partial charge in [-0.15, -0.1) is 0 Å². The Hall–Kier alpha value is -2.36. The van der Waals surface area contributed by atoms with Crippen LogP contribution in [0.1, 0.15) is 95.1 Å². The van der Waals surface area contributed by atoms with Crippen molar-refractivity contribution in [3.05, 3.63) is 59.4 Å². The largest absolute Gasteiger partial charge is 0.462 e. The zero-order chi connectivity index (χ0) is 24.4. The number of esters is 1. The summed E-state index contributed by atoms with van der Waals surface area (Å²) in [5.41, 5.74) is 2.98. The molecule has 3 aliphatic rings. The fourth-order valence-electron chi connectivity index (χ4n) is 7.32. The summed E-state index contributed by atoms with van der Waals surface area (Å²) in [4.78, 5) is 12.6. The van der Waals surface area contributed by atoms with Gasteiger partial charge >= 0.3 is 5.97 Å². The predicted octanol–water partition coefficient (Wildman–Crippen LogP) is 8.36. The third-order valence-corrected chi connectivity index (χ3v) is 9.17. The van der Waals surface area contributed by atoms with Crippen molar-refractivity contribution < 1.29 is 18.7 Å². The predicted molar refractivity (Wildman–Crippen MR) is 136 cm³/mol. The number of aryl methyl sites for hydroxylation is 1. The van der Waals surface area contributed by atoms with E-state index in [-0.39, 0.29) is 23.3 Å². The normalized spacial score (nSPS) is 29.1. The Labute approximate surface area is 209 Å². The Kier molecular flexibility index (Phi) is 7.18. The zero-order valence-electron chi connectivity index (χ0n) is 21.2. The Morgan fingerprint density at radius 3 is 2.60 bits per heavy atom. The van der Waals surface area contributed by atoms with E-state index in [1.54, 1.807) is 12.1 Å². The van der Waals surface area contributed by atoms with Crippen molar-refractivity contribution in [2.24, 2.45) is 17.3 Å². The van der Waals surface area contributed by atoms with E-state index < -0.39 is 0 Å². The first kappa shape index (κ1) is 24.3. The second kappa shape index (κ2) is 10.3. The Morgan fingerprint density at radius 2 is 1.80 bits per heavy atom. The number of fused-ring (bicyclic) bond motifs is 5. The number of unbranched alkanes of at least 4 members (excludes halogenated alkanes) is 3. The number of ether oxygens (including phenoxy) is 2. The van der Waals surface area contributed by atoms with Crippen molar-refractivity contribution >= 4 is 5.97 Å². The fraction of sp³-hybridized carbons (Fsp3) is 0.581. The Balaban J connectivity index is 1.24. The summed E-state index contributed by atoms with van der Waals surface area (Å²) in [5.74, 6) is 3.11. The summed E-state index contributed by atoms with van der Waals surface area (Å²) in [6.45, 7) is 4.59. The van der Waals surface area contributed by atoms with Crippen molar-refractivity contribution in [3.63, 3.8) is 0 Å². The van der Waals surface area contributed by atoms with Gasteiger partial charge in [0.2, 0.25) is 0 Å². The lowest BCUT2D eigenvalue weighted by Gasteiger charge is -2.50. The number of halogens is 1. The summed E-state index contributed by atoms with van der Waals surface area (Å²) < 4.78 is 25.3. The molecule has 3 nitrogen and oxygen atoms in total. The van der Waals surface area contributed by atoms with Gasteiger partial charge in [0.1, 0.15) is 23.4 Å². The van der Waals surface area contributed by atoms with Gasteiger partial charge in [-0.25, -0.2) is 4.39 Å². The van der Waals surface area contributed by atoms with Crippen molar-refractivity contribution in [2.75, 3.05) is 0 Å². The van der Waals surface area contributed by atoms with Crippen LogP contribution in [0.4, 0.5) is 4.39 Å². The zero-order valence-corrected chi connectivity index (χ0v) is 21.2. The maximum Gasteiger partial charge on any atom is 0.306 e. The lowest BCUT2D eigenvalue weighted by Crippen LogP contribution is -2.45. The summed E-state index contributed by atoms with van der Waals surface area (Å²) in [6, 6.07) is 12.7. The van der Waals surface area contributed by atoms with E-state index in [1.165, 1.54) is 48.9 Å². The van der Waals surface area contributed by atoms with Crippen LogP contribution in [0, 0.1) is 23.1 Å². The van der Waals surface area contributed by atoms with Crippen LogP contribution in [0.2, 0.25) is 0 Å². The molecule has 3 aliphatic carbocycles. The highest BCUT2D eigenvalue weighted by atomic mass is 19.1. The van der Waals surface area contributed by atoms with E-state index in [4.69, 9.17) is 9.47 Å². The van der Waals surface area contributed by atoms with Crippen molar-refractivity contribution in [1.82, 2.24) is 0 Å². The lowest BCUT2D eigenvalue weighted by molar-refractivity contribution is -0.157. The molecular formula is C31H39FO3. The quantitative estimate of drug-likeness (QED) is 0.282. The number of carbonyl (C=O) groups excluding carboxylic acids is 1. The second-order valence-corrected chi connectivity index (χ2v) is 11.2. The van der Waals surface area contributed by atoms with Crippen LogP contribution in [0.25, 0.3) is 0 Å². The fourth-order valence-corrected chi connectivity index (χ4v) is 7.32. The van der Waals surface area contributed by atoms with Crippen LogP contribution in [-0.4, -0.2) is 12.1 Å². The highest BCUT2D eigenvalue weighted by molar-refractivity contribution is 5.69. The van der Waals surface area contributed by atoms with Crippen LogP contribution in [0.3, 0.4) is 0 Å². The number of hydrogen-bond donors (Lipinski definition) is 0.